The van der Waals surface area contributed by atoms with E-state index in [1.165, 1.54) is 0 Å². The zero-order valence-electron chi connectivity index (χ0n) is 13.3. The first kappa shape index (κ1) is 15.0. The lowest BCUT2D eigenvalue weighted by atomic mass is 9.97. The molecule has 1 saturated heterocycles. The minimum atomic E-state index is 0.0295. The van der Waals surface area contributed by atoms with Crippen LogP contribution >= 0.6 is 0 Å². The first-order valence-corrected chi connectivity index (χ1v) is 7.96. The lowest BCUT2D eigenvalue weighted by Crippen LogP contribution is -2.36. The first-order valence-electron chi connectivity index (χ1n) is 7.96. The van der Waals surface area contributed by atoms with Crippen LogP contribution in [0, 0.1) is 5.92 Å². The van der Waals surface area contributed by atoms with Crippen LogP contribution in [-0.2, 0) is 6.54 Å². The summed E-state index contributed by atoms with van der Waals surface area (Å²) in [6.45, 7) is 6.33. The molecular formula is C17H23N3O2. The van der Waals surface area contributed by atoms with E-state index < -0.39 is 0 Å². The predicted octanol–water partition coefficient (Wildman–Crippen LogP) is 2.14. The van der Waals surface area contributed by atoms with E-state index in [1.807, 2.05) is 12.1 Å². The van der Waals surface area contributed by atoms with E-state index in [9.17, 15) is 4.79 Å². The normalized spacial score (nSPS) is 17.0. The highest BCUT2D eigenvalue weighted by molar-refractivity contribution is 5.78. The molecule has 0 aliphatic carbocycles. The molecule has 1 aliphatic heterocycles. The summed E-state index contributed by atoms with van der Waals surface area (Å²) in [5, 5.41) is 0.632. The summed E-state index contributed by atoms with van der Waals surface area (Å²) in [7, 11) is 1.61. The highest BCUT2D eigenvalue weighted by Gasteiger charge is 2.19. The molecule has 0 spiro atoms. The fourth-order valence-electron chi connectivity index (χ4n) is 3.16. The lowest BCUT2D eigenvalue weighted by molar-refractivity contribution is 0.180. The maximum atomic E-state index is 12.6. The molecular weight excluding hydrogens is 278 g/mol. The number of ether oxygens (including phenoxy) is 1. The Kier molecular flexibility index (Phi) is 4.43. The quantitative estimate of drug-likeness (QED) is 0.868. The van der Waals surface area contributed by atoms with Crippen LogP contribution in [0.25, 0.3) is 10.9 Å². The molecule has 5 nitrogen and oxygen atoms in total. The number of benzene rings is 1. The van der Waals surface area contributed by atoms with E-state index in [-0.39, 0.29) is 5.56 Å². The zero-order valence-corrected chi connectivity index (χ0v) is 13.3. The third kappa shape index (κ3) is 2.99. The Bertz CT molecular complexity index is 703. The summed E-state index contributed by atoms with van der Waals surface area (Å²) < 4.78 is 6.97. The van der Waals surface area contributed by atoms with E-state index in [4.69, 9.17) is 4.74 Å². The van der Waals surface area contributed by atoms with Gasteiger partial charge in [0.15, 0.2) is 0 Å². The third-order valence-electron chi connectivity index (χ3n) is 4.64. The Morgan fingerprint density at radius 1 is 1.32 bits per heavy atom. The molecule has 0 unspecified atom stereocenters. The molecule has 22 heavy (non-hydrogen) atoms. The summed E-state index contributed by atoms with van der Waals surface area (Å²) in [4.78, 5) is 19.5. The average molecular weight is 301 g/mol. The number of rotatable bonds is 4. The maximum Gasteiger partial charge on any atom is 0.261 e. The summed E-state index contributed by atoms with van der Waals surface area (Å²) in [5.74, 6) is 1.26. The highest BCUT2D eigenvalue weighted by Crippen LogP contribution is 2.19. The molecule has 0 saturated carbocycles. The first-order chi connectivity index (χ1) is 10.7. The van der Waals surface area contributed by atoms with Crippen LogP contribution in [0.15, 0.2) is 29.3 Å². The maximum absolute atomic E-state index is 12.6. The van der Waals surface area contributed by atoms with Gasteiger partial charge in [0.1, 0.15) is 5.75 Å². The van der Waals surface area contributed by atoms with Crippen molar-refractivity contribution in [1.29, 1.82) is 0 Å². The number of likely N-dealkylation sites (tertiary alicyclic amines) is 1. The van der Waals surface area contributed by atoms with Gasteiger partial charge in [-0.3, -0.25) is 9.36 Å². The molecule has 3 rings (SSSR count). The molecule has 0 N–H and O–H groups in total. The molecule has 0 bridgehead atoms. The van der Waals surface area contributed by atoms with Gasteiger partial charge in [-0.05, 0) is 56.6 Å². The van der Waals surface area contributed by atoms with Crippen molar-refractivity contribution in [2.75, 3.05) is 26.7 Å². The number of hydrogen-bond acceptors (Lipinski definition) is 4. The fourth-order valence-corrected chi connectivity index (χ4v) is 3.16. The second kappa shape index (κ2) is 6.48. The average Bonchev–Trinajstić information content (AvgIpc) is 2.58. The van der Waals surface area contributed by atoms with Gasteiger partial charge in [0.05, 0.1) is 24.3 Å². The summed E-state index contributed by atoms with van der Waals surface area (Å²) in [5.41, 5.74) is 0.754. The van der Waals surface area contributed by atoms with Crippen molar-refractivity contribution in [2.24, 2.45) is 5.92 Å². The molecule has 1 fully saturated rings. The summed E-state index contributed by atoms with van der Waals surface area (Å²) >= 11 is 0. The Balaban J connectivity index is 1.82. The van der Waals surface area contributed by atoms with Crippen LogP contribution < -0.4 is 10.3 Å². The monoisotopic (exact) mass is 301 g/mol. The number of aromatic nitrogens is 2. The van der Waals surface area contributed by atoms with Crippen molar-refractivity contribution < 1.29 is 4.74 Å². The fraction of sp³-hybridized carbons (Fsp3) is 0.529. The van der Waals surface area contributed by atoms with Crippen molar-refractivity contribution in [1.82, 2.24) is 14.5 Å². The second-order valence-electron chi connectivity index (χ2n) is 5.96. The van der Waals surface area contributed by atoms with Crippen LogP contribution in [0.3, 0.4) is 0 Å². The number of piperidine rings is 1. The van der Waals surface area contributed by atoms with Crippen molar-refractivity contribution in [3.8, 4) is 5.75 Å². The van der Waals surface area contributed by atoms with Gasteiger partial charge < -0.3 is 9.64 Å². The SMILES string of the molecule is CCN1CCC(Cn2cnc3ccc(OC)cc3c2=O)CC1. The van der Waals surface area contributed by atoms with Gasteiger partial charge in [-0.1, -0.05) is 6.92 Å². The lowest BCUT2D eigenvalue weighted by Gasteiger charge is -2.31. The molecule has 1 aromatic heterocycles. The van der Waals surface area contributed by atoms with Crippen molar-refractivity contribution in [2.45, 2.75) is 26.3 Å². The van der Waals surface area contributed by atoms with Gasteiger partial charge >= 0.3 is 0 Å². The molecule has 118 valence electrons. The summed E-state index contributed by atoms with van der Waals surface area (Å²) in [6, 6.07) is 5.44. The van der Waals surface area contributed by atoms with Gasteiger partial charge in [-0.2, -0.15) is 0 Å². The topological polar surface area (TPSA) is 47.4 Å². The van der Waals surface area contributed by atoms with Gasteiger partial charge in [0.25, 0.3) is 5.56 Å². The minimum Gasteiger partial charge on any atom is -0.497 e. The molecule has 0 radical (unpaired) electrons. The van der Waals surface area contributed by atoms with Crippen molar-refractivity contribution in [3.05, 3.63) is 34.9 Å². The number of methoxy groups -OCH3 is 1. The highest BCUT2D eigenvalue weighted by atomic mass is 16.5. The molecule has 0 atom stereocenters. The molecule has 5 heteroatoms. The van der Waals surface area contributed by atoms with Crippen LogP contribution in [0.4, 0.5) is 0 Å². The molecule has 0 amide bonds. The Morgan fingerprint density at radius 3 is 2.77 bits per heavy atom. The van der Waals surface area contributed by atoms with E-state index in [1.54, 1.807) is 24.1 Å². The van der Waals surface area contributed by atoms with Crippen LogP contribution in [0.5, 0.6) is 5.75 Å². The van der Waals surface area contributed by atoms with E-state index >= 15 is 0 Å². The van der Waals surface area contributed by atoms with Gasteiger partial charge in [0.2, 0.25) is 0 Å². The Labute approximate surface area is 130 Å². The van der Waals surface area contributed by atoms with Gasteiger partial charge in [-0.15, -0.1) is 0 Å². The molecule has 1 aliphatic rings. The largest absolute Gasteiger partial charge is 0.497 e. The van der Waals surface area contributed by atoms with Crippen LogP contribution in [0.1, 0.15) is 19.8 Å². The van der Waals surface area contributed by atoms with Crippen molar-refractivity contribution in [3.63, 3.8) is 0 Å². The van der Waals surface area contributed by atoms with Gasteiger partial charge in [0, 0.05) is 6.54 Å². The Hall–Kier alpha value is -1.88. The molecule has 2 aromatic rings. The smallest absolute Gasteiger partial charge is 0.261 e. The third-order valence-corrected chi connectivity index (χ3v) is 4.64. The van der Waals surface area contributed by atoms with E-state index in [2.05, 4.69) is 16.8 Å². The predicted molar refractivity (Wildman–Crippen MR) is 87.4 cm³/mol. The van der Waals surface area contributed by atoms with E-state index in [0.29, 0.717) is 17.1 Å². The number of fused-ring (bicyclic) bond motifs is 1. The van der Waals surface area contributed by atoms with Crippen LogP contribution in [0.2, 0.25) is 0 Å². The van der Waals surface area contributed by atoms with Crippen molar-refractivity contribution >= 4 is 10.9 Å². The minimum absolute atomic E-state index is 0.0295. The van der Waals surface area contributed by atoms with Crippen LogP contribution in [-0.4, -0.2) is 41.2 Å². The standard InChI is InChI=1S/C17H23N3O2/c1-3-19-8-6-13(7-9-19)11-20-12-18-16-5-4-14(22-2)10-15(16)17(20)21/h4-5,10,12-13H,3,6-9,11H2,1-2H3. The summed E-state index contributed by atoms with van der Waals surface area (Å²) in [6.07, 6.45) is 3.98. The zero-order chi connectivity index (χ0) is 15.5. The van der Waals surface area contributed by atoms with Gasteiger partial charge in [-0.25, -0.2) is 4.98 Å². The number of hydrogen-bond donors (Lipinski definition) is 0. The number of nitrogens with zero attached hydrogens (tertiary/aromatic N) is 3. The van der Waals surface area contributed by atoms with E-state index in [0.717, 1.165) is 44.5 Å². The molecule has 1 aromatic carbocycles. The Morgan fingerprint density at radius 2 is 2.09 bits per heavy atom. The molecule has 2 heterocycles. The second-order valence-corrected chi connectivity index (χ2v) is 5.96.